The average Bonchev–Trinajstić information content (AvgIpc) is 3.31. The van der Waals surface area contributed by atoms with E-state index in [2.05, 4.69) is 20.3 Å². The van der Waals surface area contributed by atoms with Gasteiger partial charge in [-0.15, -0.1) is 10.2 Å². The van der Waals surface area contributed by atoms with Crippen molar-refractivity contribution in [3.05, 3.63) is 93.5 Å². The molecule has 16 heteroatoms. The summed E-state index contributed by atoms with van der Waals surface area (Å²) in [6, 6.07) is 10.6. The van der Waals surface area contributed by atoms with Crippen LogP contribution in [0.25, 0.3) is 16.6 Å². The van der Waals surface area contributed by atoms with Gasteiger partial charge in [0.25, 0.3) is 5.88 Å². The van der Waals surface area contributed by atoms with Crippen LogP contribution in [0.15, 0.2) is 53.5 Å². The fraction of sp³-hybridized carbons (Fsp3) is 0.276. The number of hydrogen-bond acceptors (Lipinski definition) is 8. The molecule has 0 amide bonds. The lowest BCUT2D eigenvalue weighted by Crippen LogP contribution is -2.32. The lowest BCUT2D eigenvalue weighted by atomic mass is 10.2. The van der Waals surface area contributed by atoms with Crippen LogP contribution in [0.4, 0.5) is 26.3 Å². The normalized spacial score (nSPS) is 12.5. The first kappa shape index (κ1) is 31.4. The quantitative estimate of drug-likeness (QED) is 0.174. The third-order valence-corrected chi connectivity index (χ3v) is 6.65. The summed E-state index contributed by atoms with van der Waals surface area (Å²) in [5.74, 6) is -6.13. The van der Waals surface area contributed by atoms with Crippen molar-refractivity contribution in [1.82, 2.24) is 29.5 Å². The molecule has 5 rings (SSSR count). The molecular weight excluding hydrogens is 610 g/mol. The lowest BCUT2D eigenvalue weighted by Gasteiger charge is -2.19. The second-order valence-electron chi connectivity index (χ2n) is 9.76. The van der Waals surface area contributed by atoms with Gasteiger partial charge in [0.15, 0.2) is 35.2 Å². The van der Waals surface area contributed by atoms with Gasteiger partial charge in [0, 0.05) is 12.6 Å². The lowest BCUT2D eigenvalue weighted by molar-refractivity contribution is -0.189. The number of nitrogens with zero attached hydrogens (tertiary/aromatic N) is 6. The standard InChI is InChI=1S/C29H24F6N6O4/c1-4-40-22(14-43-13-17-8-6-5-7-9-17)39-41(28(40)42)25-24(32)18-12-36-38-27(45-21-11-20(31)19(30)10-15(21)2)23(18)26(37-25)44-16(3)29(33,34)35/h5-12,16H,4,13-14H2,1-3H3/t16-/m0/s1. The van der Waals surface area contributed by atoms with E-state index in [1.54, 1.807) is 6.92 Å². The number of ether oxygens (including phenoxy) is 3. The number of alkyl halides is 3. The minimum Gasteiger partial charge on any atom is -0.464 e. The van der Waals surface area contributed by atoms with Crippen LogP contribution in [0.5, 0.6) is 17.5 Å². The number of aromatic nitrogens is 6. The Morgan fingerprint density at radius 1 is 1.00 bits per heavy atom. The minimum absolute atomic E-state index is 0.0857. The smallest absolute Gasteiger partial charge is 0.425 e. The molecule has 5 aromatic rings. The van der Waals surface area contributed by atoms with Crippen LogP contribution < -0.4 is 15.2 Å². The molecule has 0 saturated carbocycles. The highest BCUT2D eigenvalue weighted by atomic mass is 19.4. The third kappa shape index (κ3) is 6.45. The number of rotatable bonds is 10. The molecule has 3 aromatic heterocycles. The summed E-state index contributed by atoms with van der Waals surface area (Å²) in [4.78, 5) is 17.2. The maximum absolute atomic E-state index is 16.1. The summed E-state index contributed by atoms with van der Waals surface area (Å²) in [7, 11) is 0. The SMILES string of the molecule is CCn1c(COCc2ccccc2)nn(-c2nc(O[C@@H](C)C(F)(F)F)c3c(Oc4cc(F)c(F)cc4C)nncc3c2F)c1=O. The van der Waals surface area contributed by atoms with Crippen LogP contribution in [-0.2, 0) is 24.5 Å². The molecule has 0 aliphatic carbocycles. The molecule has 2 aromatic carbocycles. The summed E-state index contributed by atoms with van der Waals surface area (Å²) >= 11 is 0. The molecular formula is C29H24F6N6O4. The van der Waals surface area contributed by atoms with E-state index in [9.17, 15) is 26.7 Å². The Hall–Kier alpha value is -4.99. The predicted molar refractivity (Wildman–Crippen MR) is 147 cm³/mol. The summed E-state index contributed by atoms with van der Waals surface area (Å²) in [6.45, 7) is 3.81. The zero-order valence-corrected chi connectivity index (χ0v) is 23.9. The zero-order chi connectivity index (χ0) is 32.5. The molecule has 0 N–H and O–H groups in total. The molecule has 3 heterocycles. The second kappa shape index (κ2) is 12.6. The van der Waals surface area contributed by atoms with Crippen LogP contribution in [-0.4, -0.2) is 41.8 Å². The van der Waals surface area contributed by atoms with Gasteiger partial charge in [-0.1, -0.05) is 30.3 Å². The van der Waals surface area contributed by atoms with E-state index in [4.69, 9.17) is 14.2 Å². The molecule has 10 nitrogen and oxygen atoms in total. The highest BCUT2D eigenvalue weighted by Gasteiger charge is 2.39. The van der Waals surface area contributed by atoms with Gasteiger partial charge in [-0.2, -0.15) is 27.9 Å². The van der Waals surface area contributed by atoms with Crippen molar-refractivity contribution in [3.63, 3.8) is 0 Å². The first-order valence-electron chi connectivity index (χ1n) is 13.4. The van der Waals surface area contributed by atoms with Gasteiger partial charge >= 0.3 is 11.9 Å². The molecule has 0 unspecified atom stereocenters. The summed E-state index contributed by atoms with van der Waals surface area (Å²) in [5, 5.41) is 10.5. The number of pyridine rings is 1. The number of benzene rings is 2. The monoisotopic (exact) mass is 634 g/mol. The first-order chi connectivity index (χ1) is 21.4. The van der Waals surface area contributed by atoms with E-state index >= 15 is 4.39 Å². The molecule has 0 saturated heterocycles. The van der Waals surface area contributed by atoms with Gasteiger partial charge in [0.2, 0.25) is 5.88 Å². The van der Waals surface area contributed by atoms with Crippen LogP contribution in [0.2, 0.25) is 0 Å². The molecule has 0 radical (unpaired) electrons. The van der Waals surface area contributed by atoms with E-state index in [1.807, 2.05) is 30.3 Å². The third-order valence-electron chi connectivity index (χ3n) is 6.65. The van der Waals surface area contributed by atoms with Crippen molar-refractivity contribution in [2.45, 2.75) is 52.8 Å². The summed E-state index contributed by atoms with van der Waals surface area (Å²) in [5.41, 5.74) is 0.0812. The Balaban J connectivity index is 1.63. The van der Waals surface area contributed by atoms with Crippen molar-refractivity contribution in [2.75, 3.05) is 0 Å². The van der Waals surface area contributed by atoms with Crippen LogP contribution in [0.1, 0.15) is 30.8 Å². The van der Waals surface area contributed by atoms with E-state index in [0.717, 1.165) is 17.8 Å². The van der Waals surface area contributed by atoms with Crippen LogP contribution >= 0.6 is 0 Å². The van der Waals surface area contributed by atoms with Crippen LogP contribution in [0.3, 0.4) is 0 Å². The molecule has 0 aliphatic heterocycles. The highest BCUT2D eigenvalue weighted by molar-refractivity contribution is 5.92. The Kier molecular flexibility index (Phi) is 8.77. The number of aryl methyl sites for hydroxylation is 1. The van der Waals surface area contributed by atoms with Gasteiger partial charge in [0.1, 0.15) is 17.7 Å². The fourth-order valence-corrected chi connectivity index (χ4v) is 4.27. The van der Waals surface area contributed by atoms with Crippen molar-refractivity contribution < 1.29 is 40.6 Å². The minimum atomic E-state index is -4.88. The average molecular weight is 635 g/mol. The van der Waals surface area contributed by atoms with Crippen molar-refractivity contribution >= 4 is 10.8 Å². The fourth-order valence-electron chi connectivity index (χ4n) is 4.27. The van der Waals surface area contributed by atoms with Gasteiger partial charge in [-0.05, 0) is 38.0 Å². The van der Waals surface area contributed by atoms with E-state index in [1.165, 1.54) is 11.5 Å². The van der Waals surface area contributed by atoms with Gasteiger partial charge < -0.3 is 14.2 Å². The van der Waals surface area contributed by atoms with Gasteiger partial charge in [-0.25, -0.2) is 18.0 Å². The van der Waals surface area contributed by atoms with E-state index in [-0.39, 0.29) is 36.9 Å². The zero-order valence-electron chi connectivity index (χ0n) is 23.9. The number of halogens is 6. The Morgan fingerprint density at radius 2 is 1.71 bits per heavy atom. The summed E-state index contributed by atoms with van der Waals surface area (Å²) < 4.78 is 103. The molecule has 0 spiro atoms. The molecule has 236 valence electrons. The molecule has 1 atom stereocenters. The van der Waals surface area contributed by atoms with E-state index in [0.29, 0.717) is 17.7 Å². The van der Waals surface area contributed by atoms with Crippen molar-refractivity contribution in [2.24, 2.45) is 0 Å². The molecule has 0 fully saturated rings. The first-order valence-corrected chi connectivity index (χ1v) is 13.4. The Bertz CT molecular complexity index is 1910. The van der Waals surface area contributed by atoms with Gasteiger partial charge in [-0.3, -0.25) is 4.57 Å². The number of hydrogen-bond donors (Lipinski definition) is 0. The Morgan fingerprint density at radius 3 is 2.40 bits per heavy atom. The summed E-state index contributed by atoms with van der Waals surface area (Å²) in [6.07, 6.45) is -6.49. The molecule has 0 bridgehead atoms. The van der Waals surface area contributed by atoms with Gasteiger partial charge in [0.05, 0.1) is 18.2 Å². The molecule has 45 heavy (non-hydrogen) atoms. The van der Waals surface area contributed by atoms with E-state index < -0.39 is 63.8 Å². The number of fused-ring (bicyclic) bond motifs is 1. The second-order valence-corrected chi connectivity index (χ2v) is 9.76. The highest BCUT2D eigenvalue weighted by Crippen LogP contribution is 2.38. The predicted octanol–water partition coefficient (Wildman–Crippen LogP) is 5.96. The molecule has 0 aliphatic rings. The maximum Gasteiger partial charge on any atom is 0.425 e. The topological polar surface area (TPSA) is 106 Å². The van der Waals surface area contributed by atoms with Crippen molar-refractivity contribution in [1.29, 1.82) is 0 Å². The van der Waals surface area contributed by atoms with Crippen LogP contribution in [0, 0.1) is 24.4 Å². The van der Waals surface area contributed by atoms with Crippen molar-refractivity contribution in [3.8, 4) is 23.3 Å². The largest absolute Gasteiger partial charge is 0.464 e. The Labute approximate surface area is 250 Å². The maximum atomic E-state index is 16.1.